The number of hydrogen-bond donors (Lipinski definition) is 2. The molecule has 156 valence electrons. The molecular weight excluding hydrogens is 397 g/mol. The molecule has 1 aliphatic carbocycles. The van der Waals surface area contributed by atoms with Crippen LogP contribution in [0.4, 0.5) is 13.2 Å². The topological polar surface area (TPSA) is 75.4 Å². The maximum absolute atomic E-state index is 14.1. The molecular formula is C22H19F3N2O3. The number of aliphatic carboxylic acids is 1. The highest BCUT2D eigenvalue weighted by Gasteiger charge is 2.61. The van der Waals surface area contributed by atoms with Crippen molar-refractivity contribution in [3.8, 4) is 22.3 Å². The summed E-state index contributed by atoms with van der Waals surface area (Å²) in [6.45, 7) is 4.60. The predicted octanol–water partition coefficient (Wildman–Crippen LogP) is 4.46. The number of halogens is 3. The lowest BCUT2D eigenvalue weighted by Crippen LogP contribution is -2.41. The second-order valence-corrected chi connectivity index (χ2v) is 8.03. The zero-order valence-electron chi connectivity index (χ0n) is 16.4. The van der Waals surface area contributed by atoms with Crippen molar-refractivity contribution in [3.63, 3.8) is 0 Å². The Kier molecular flexibility index (Phi) is 4.15. The van der Waals surface area contributed by atoms with Gasteiger partial charge in [0.15, 0.2) is 5.54 Å². The Morgan fingerprint density at radius 1 is 1.10 bits per heavy atom. The van der Waals surface area contributed by atoms with E-state index in [1.54, 1.807) is 25.1 Å². The molecule has 8 heteroatoms. The number of aliphatic hydroxyl groups is 1. The second kappa shape index (κ2) is 6.18. The van der Waals surface area contributed by atoms with E-state index in [2.05, 4.69) is 5.10 Å². The van der Waals surface area contributed by atoms with E-state index >= 15 is 0 Å². The van der Waals surface area contributed by atoms with E-state index in [0.29, 0.717) is 16.7 Å². The van der Waals surface area contributed by atoms with Gasteiger partial charge in [0.1, 0.15) is 0 Å². The highest BCUT2D eigenvalue weighted by Crippen LogP contribution is 2.57. The highest BCUT2D eigenvalue weighted by molar-refractivity contribution is 5.92. The molecule has 0 saturated heterocycles. The molecule has 3 aromatic rings. The van der Waals surface area contributed by atoms with Crippen LogP contribution in [0.25, 0.3) is 22.3 Å². The van der Waals surface area contributed by atoms with E-state index in [4.69, 9.17) is 0 Å². The first kappa shape index (κ1) is 20.2. The lowest BCUT2D eigenvalue weighted by molar-refractivity contribution is -0.246. The van der Waals surface area contributed by atoms with Gasteiger partial charge in [-0.1, -0.05) is 42.0 Å². The number of nitrogens with zero attached hydrogens (tertiary/aromatic N) is 2. The Morgan fingerprint density at radius 3 is 2.40 bits per heavy atom. The molecule has 1 atom stereocenters. The van der Waals surface area contributed by atoms with Gasteiger partial charge in [-0.05, 0) is 37.5 Å². The second-order valence-electron chi connectivity index (χ2n) is 8.03. The third-order valence-electron chi connectivity index (χ3n) is 5.66. The quantitative estimate of drug-likeness (QED) is 0.661. The van der Waals surface area contributed by atoms with Crippen molar-refractivity contribution >= 4 is 5.97 Å². The summed E-state index contributed by atoms with van der Waals surface area (Å²) in [6.07, 6.45) is -2.00. The van der Waals surface area contributed by atoms with Crippen LogP contribution < -0.4 is 0 Å². The van der Waals surface area contributed by atoms with Gasteiger partial charge in [-0.2, -0.15) is 18.3 Å². The largest absolute Gasteiger partial charge is 0.479 e. The van der Waals surface area contributed by atoms with Gasteiger partial charge in [0.2, 0.25) is 5.60 Å². The van der Waals surface area contributed by atoms with Crippen LogP contribution in [0.2, 0.25) is 0 Å². The number of carboxylic acid groups (broad SMARTS) is 1. The molecule has 5 nitrogen and oxygen atoms in total. The molecule has 0 bridgehead atoms. The van der Waals surface area contributed by atoms with Crippen LogP contribution in [-0.4, -0.2) is 32.1 Å². The smallest absolute Gasteiger partial charge is 0.425 e. The first-order valence-corrected chi connectivity index (χ1v) is 9.22. The van der Waals surface area contributed by atoms with Gasteiger partial charge >= 0.3 is 12.1 Å². The van der Waals surface area contributed by atoms with Crippen LogP contribution in [0, 0.1) is 6.92 Å². The molecule has 30 heavy (non-hydrogen) atoms. The fourth-order valence-electron chi connectivity index (χ4n) is 3.92. The maximum atomic E-state index is 14.1. The Bertz CT molecular complexity index is 1180. The number of aryl methyl sites for hydroxylation is 1. The van der Waals surface area contributed by atoms with Gasteiger partial charge in [-0.25, -0.2) is 4.79 Å². The van der Waals surface area contributed by atoms with Gasteiger partial charge in [-0.3, -0.25) is 4.68 Å². The summed E-state index contributed by atoms with van der Waals surface area (Å²) in [5, 5.41) is 24.5. The van der Waals surface area contributed by atoms with Crippen molar-refractivity contribution < 1.29 is 28.2 Å². The third kappa shape index (κ3) is 2.60. The molecule has 1 heterocycles. The minimum absolute atomic E-state index is 0.224. The van der Waals surface area contributed by atoms with Gasteiger partial charge < -0.3 is 10.2 Å². The first-order valence-electron chi connectivity index (χ1n) is 9.22. The van der Waals surface area contributed by atoms with Crippen LogP contribution in [0.1, 0.15) is 30.5 Å². The Hall–Kier alpha value is -3.13. The zero-order valence-corrected chi connectivity index (χ0v) is 16.4. The van der Waals surface area contributed by atoms with Crippen molar-refractivity contribution in [2.24, 2.45) is 0 Å². The molecule has 0 amide bonds. The van der Waals surface area contributed by atoms with E-state index in [0.717, 1.165) is 0 Å². The summed E-state index contributed by atoms with van der Waals surface area (Å²) in [5.74, 6) is -1.09. The fraction of sp³-hybridized carbons (Fsp3) is 0.273. The molecule has 2 N–H and O–H groups in total. The van der Waals surface area contributed by atoms with Crippen LogP contribution in [0.3, 0.4) is 0 Å². The average Bonchev–Trinajstić information content (AvgIpc) is 3.25. The SMILES string of the molecule is Cc1cc(-c2cnn(C(C)(C)C(=O)O)c2)c2c(c1)C(O)(C(F)(F)F)c1ccccc1-2. The number of carbonyl (C=O) groups is 1. The summed E-state index contributed by atoms with van der Waals surface area (Å²) in [4.78, 5) is 11.5. The average molecular weight is 416 g/mol. The normalized spacial score (nSPS) is 18.2. The standard InChI is InChI=1S/C22H19F3N2O3/c1-12-8-15(13-10-26-27(11-13)20(2,3)19(28)29)18-14-6-4-5-7-16(14)21(30,17(18)9-12)22(23,24)25/h4-11,30H,1-3H3,(H,28,29). The summed E-state index contributed by atoms with van der Waals surface area (Å²) >= 11 is 0. The number of fused-ring (bicyclic) bond motifs is 3. The van der Waals surface area contributed by atoms with Crippen molar-refractivity contribution in [2.75, 3.05) is 0 Å². The molecule has 0 fully saturated rings. The van der Waals surface area contributed by atoms with Crippen LogP contribution in [0.15, 0.2) is 48.8 Å². The van der Waals surface area contributed by atoms with E-state index in [1.165, 1.54) is 49.1 Å². The molecule has 0 radical (unpaired) electrons. The van der Waals surface area contributed by atoms with Crippen LogP contribution in [-0.2, 0) is 15.9 Å². The summed E-state index contributed by atoms with van der Waals surface area (Å²) in [5.41, 5.74) is -2.93. The van der Waals surface area contributed by atoms with Gasteiger partial charge in [0.25, 0.3) is 0 Å². The number of carboxylic acids is 1. The number of rotatable bonds is 3. The molecule has 4 rings (SSSR count). The number of benzene rings is 2. The van der Waals surface area contributed by atoms with Crippen molar-refractivity contribution in [1.29, 1.82) is 0 Å². The molecule has 0 aliphatic heterocycles. The summed E-state index contributed by atoms with van der Waals surface area (Å²) < 4.78 is 43.5. The monoisotopic (exact) mass is 416 g/mol. The lowest BCUT2D eigenvalue weighted by atomic mass is 9.88. The van der Waals surface area contributed by atoms with Crippen LogP contribution in [0.5, 0.6) is 0 Å². The predicted molar refractivity (Wildman–Crippen MR) is 104 cm³/mol. The van der Waals surface area contributed by atoms with Crippen molar-refractivity contribution in [2.45, 2.75) is 38.1 Å². The minimum atomic E-state index is -4.92. The Morgan fingerprint density at radius 2 is 1.77 bits per heavy atom. The van der Waals surface area contributed by atoms with Crippen molar-refractivity contribution in [1.82, 2.24) is 9.78 Å². The van der Waals surface area contributed by atoms with E-state index in [-0.39, 0.29) is 22.3 Å². The van der Waals surface area contributed by atoms with Gasteiger partial charge in [0, 0.05) is 22.9 Å². The van der Waals surface area contributed by atoms with E-state index in [9.17, 15) is 28.2 Å². The first-order chi connectivity index (χ1) is 13.9. The van der Waals surface area contributed by atoms with Gasteiger partial charge in [-0.15, -0.1) is 0 Å². The molecule has 1 aliphatic rings. The molecule has 1 unspecified atom stereocenters. The van der Waals surface area contributed by atoms with Crippen molar-refractivity contribution in [3.05, 3.63) is 65.5 Å². The van der Waals surface area contributed by atoms with E-state index < -0.39 is 23.3 Å². The lowest BCUT2D eigenvalue weighted by Gasteiger charge is -2.28. The molecule has 1 aromatic heterocycles. The van der Waals surface area contributed by atoms with Gasteiger partial charge in [0.05, 0.1) is 6.20 Å². The summed E-state index contributed by atoms with van der Waals surface area (Å²) in [7, 11) is 0. The highest BCUT2D eigenvalue weighted by atomic mass is 19.4. The number of alkyl halides is 3. The summed E-state index contributed by atoms with van der Waals surface area (Å²) in [6, 6.07) is 8.96. The molecule has 2 aromatic carbocycles. The minimum Gasteiger partial charge on any atom is -0.479 e. The van der Waals surface area contributed by atoms with E-state index in [1.807, 2.05) is 0 Å². The third-order valence-corrected chi connectivity index (χ3v) is 5.66. The number of aromatic nitrogens is 2. The Balaban J connectivity index is 2.02. The molecule has 0 saturated carbocycles. The number of hydrogen-bond acceptors (Lipinski definition) is 3. The zero-order chi connectivity index (χ0) is 22.1. The fourth-order valence-corrected chi connectivity index (χ4v) is 3.92. The molecule has 0 spiro atoms. The van der Waals surface area contributed by atoms with Crippen LogP contribution >= 0.6 is 0 Å². The maximum Gasteiger partial charge on any atom is 0.425 e. The Labute approximate surface area is 170 Å².